The molecule has 54 heavy (non-hydrogen) atoms. The van der Waals surface area contributed by atoms with E-state index in [-0.39, 0.29) is 0 Å². The van der Waals surface area contributed by atoms with Crippen molar-refractivity contribution in [3.8, 4) is 90.1 Å². The molecule has 0 saturated heterocycles. The summed E-state index contributed by atoms with van der Waals surface area (Å²) in [6, 6.07) is 70.9. The van der Waals surface area contributed by atoms with Crippen LogP contribution in [0.3, 0.4) is 0 Å². The zero-order chi connectivity index (χ0) is 36.1. The molecule has 0 N–H and O–H groups in total. The van der Waals surface area contributed by atoms with Gasteiger partial charge in [0.1, 0.15) is 0 Å². The van der Waals surface area contributed by atoms with Crippen LogP contribution in [0.1, 0.15) is 0 Å². The van der Waals surface area contributed by atoms with Crippen LogP contribution < -0.4 is 0 Å². The third-order valence-corrected chi connectivity index (χ3v) is 9.55. The number of nitrogens with zero attached hydrogens (tertiary/aromatic N) is 4. The van der Waals surface area contributed by atoms with Crippen LogP contribution in [0.15, 0.2) is 206 Å². The van der Waals surface area contributed by atoms with Crippen LogP contribution in [0.2, 0.25) is 0 Å². The molecule has 7 aromatic carbocycles. The highest BCUT2D eigenvalue weighted by Gasteiger charge is 2.18. The molecular weight excluding hydrogens is 657 g/mol. The SMILES string of the molecule is c1ccc(-c2cc(-c3ccccc3-c3ccc(-c4cc(-c5ccccc5)nc(-c5ccccc5)n4)c(-c4ccccc4)c3)nc(-c3ccccc3)n2)cc1. The maximum atomic E-state index is 5.20. The number of hydrogen-bond acceptors (Lipinski definition) is 4. The normalized spacial score (nSPS) is 11.0. The molecule has 9 aromatic rings. The Bertz CT molecular complexity index is 2560. The number of rotatable bonds is 8. The quantitative estimate of drug-likeness (QED) is 0.159. The molecule has 254 valence electrons. The van der Waals surface area contributed by atoms with Gasteiger partial charge in [0.05, 0.1) is 22.8 Å². The fourth-order valence-corrected chi connectivity index (χ4v) is 6.87. The lowest BCUT2D eigenvalue weighted by Gasteiger charge is -2.17. The predicted molar refractivity (Wildman–Crippen MR) is 221 cm³/mol. The van der Waals surface area contributed by atoms with Crippen LogP contribution in [-0.4, -0.2) is 19.9 Å². The Balaban J connectivity index is 1.23. The standard InChI is InChI=1S/C50H34N4/c1-6-18-35(19-7-1)44-32-40(30-31-43(44)48-34-46(37-22-10-3-11-23-37)52-50(54-48)39-26-14-5-15-27-39)41-28-16-17-29-42(41)47-33-45(36-20-8-2-9-21-36)51-49(53-47)38-24-12-4-13-25-38/h1-34H. The van der Waals surface area contributed by atoms with Gasteiger partial charge in [0.15, 0.2) is 11.6 Å². The van der Waals surface area contributed by atoms with Crippen molar-refractivity contribution in [1.82, 2.24) is 19.9 Å². The highest BCUT2D eigenvalue weighted by molar-refractivity contribution is 5.91. The van der Waals surface area contributed by atoms with E-state index in [1.54, 1.807) is 0 Å². The van der Waals surface area contributed by atoms with Gasteiger partial charge in [-0.15, -0.1) is 0 Å². The van der Waals surface area contributed by atoms with E-state index in [2.05, 4.69) is 133 Å². The van der Waals surface area contributed by atoms with E-state index in [1.807, 2.05) is 72.8 Å². The minimum Gasteiger partial charge on any atom is -0.228 e. The topological polar surface area (TPSA) is 51.6 Å². The van der Waals surface area contributed by atoms with Crippen LogP contribution in [0, 0.1) is 0 Å². The number of aromatic nitrogens is 4. The highest BCUT2D eigenvalue weighted by Crippen LogP contribution is 2.40. The van der Waals surface area contributed by atoms with Crippen molar-refractivity contribution in [2.75, 3.05) is 0 Å². The van der Waals surface area contributed by atoms with Gasteiger partial charge >= 0.3 is 0 Å². The predicted octanol–water partition coefficient (Wildman–Crippen LogP) is 12.6. The summed E-state index contributed by atoms with van der Waals surface area (Å²) in [6.45, 7) is 0. The fourth-order valence-electron chi connectivity index (χ4n) is 6.87. The molecule has 0 saturated carbocycles. The summed E-state index contributed by atoms with van der Waals surface area (Å²) in [5.41, 5.74) is 13.9. The molecule has 0 atom stereocenters. The van der Waals surface area contributed by atoms with Crippen LogP contribution in [-0.2, 0) is 0 Å². The second kappa shape index (κ2) is 14.7. The molecule has 0 aliphatic heterocycles. The van der Waals surface area contributed by atoms with Crippen molar-refractivity contribution < 1.29 is 0 Å². The summed E-state index contributed by atoms with van der Waals surface area (Å²) in [5.74, 6) is 1.38. The van der Waals surface area contributed by atoms with Crippen molar-refractivity contribution in [3.05, 3.63) is 206 Å². The molecule has 0 spiro atoms. The molecule has 0 aliphatic carbocycles. The van der Waals surface area contributed by atoms with E-state index in [0.29, 0.717) is 11.6 Å². The Morgan fingerprint density at radius 1 is 0.204 bits per heavy atom. The van der Waals surface area contributed by atoms with Gasteiger partial charge in [0.25, 0.3) is 0 Å². The van der Waals surface area contributed by atoms with E-state index in [4.69, 9.17) is 19.9 Å². The van der Waals surface area contributed by atoms with Crippen LogP contribution in [0.25, 0.3) is 90.1 Å². The average molecular weight is 691 g/mol. The second-order valence-electron chi connectivity index (χ2n) is 13.1. The largest absolute Gasteiger partial charge is 0.228 e. The van der Waals surface area contributed by atoms with Crippen LogP contribution in [0.5, 0.6) is 0 Å². The van der Waals surface area contributed by atoms with Crippen molar-refractivity contribution in [3.63, 3.8) is 0 Å². The maximum absolute atomic E-state index is 5.20. The third kappa shape index (κ3) is 6.72. The maximum Gasteiger partial charge on any atom is 0.160 e. The van der Waals surface area contributed by atoms with Gasteiger partial charge in [-0.25, -0.2) is 19.9 Å². The highest BCUT2D eigenvalue weighted by atomic mass is 14.9. The van der Waals surface area contributed by atoms with Crippen molar-refractivity contribution in [1.29, 1.82) is 0 Å². The van der Waals surface area contributed by atoms with Gasteiger partial charge in [0.2, 0.25) is 0 Å². The molecule has 0 unspecified atom stereocenters. The molecule has 0 amide bonds. The smallest absolute Gasteiger partial charge is 0.160 e. The lowest BCUT2D eigenvalue weighted by Crippen LogP contribution is -1.98. The first kappa shape index (κ1) is 32.6. The third-order valence-electron chi connectivity index (χ3n) is 9.55. The summed E-state index contributed by atoms with van der Waals surface area (Å²) < 4.78 is 0. The van der Waals surface area contributed by atoms with Crippen molar-refractivity contribution >= 4 is 0 Å². The number of hydrogen-bond donors (Lipinski definition) is 0. The Hall–Kier alpha value is -7.30. The van der Waals surface area contributed by atoms with Gasteiger partial charge in [-0.1, -0.05) is 188 Å². The molecule has 0 bridgehead atoms. The van der Waals surface area contributed by atoms with E-state index in [1.165, 1.54) is 0 Å². The molecule has 2 aromatic heterocycles. The molecule has 0 radical (unpaired) electrons. The fraction of sp³-hybridized carbons (Fsp3) is 0. The monoisotopic (exact) mass is 690 g/mol. The van der Waals surface area contributed by atoms with Crippen molar-refractivity contribution in [2.24, 2.45) is 0 Å². The molecule has 2 heterocycles. The lowest BCUT2D eigenvalue weighted by atomic mass is 9.90. The van der Waals surface area contributed by atoms with Gasteiger partial charge in [-0.2, -0.15) is 0 Å². The molecule has 0 aliphatic rings. The molecule has 4 nitrogen and oxygen atoms in total. The zero-order valence-corrected chi connectivity index (χ0v) is 29.4. The first-order valence-corrected chi connectivity index (χ1v) is 18.1. The molecule has 0 fully saturated rings. The van der Waals surface area contributed by atoms with Crippen LogP contribution >= 0.6 is 0 Å². The van der Waals surface area contributed by atoms with Crippen LogP contribution in [0.4, 0.5) is 0 Å². The molecular formula is C50H34N4. The lowest BCUT2D eigenvalue weighted by molar-refractivity contribution is 1.18. The van der Waals surface area contributed by atoms with Gasteiger partial charge in [0, 0.05) is 33.4 Å². The molecule has 4 heteroatoms. The second-order valence-corrected chi connectivity index (χ2v) is 13.1. The van der Waals surface area contributed by atoms with E-state index < -0.39 is 0 Å². The Morgan fingerprint density at radius 3 is 1.02 bits per heavy atom. The van der Waals surface area contributed by atoms with Crippen molar-refractivity contribution in [2.45, 2.75) is 0 Å². The van der Waals surface area contributed by atoms with E-state index in [0.717, 1.165) is 78.4 Å². The zero-order valence-electron chi connectivity index (χ0n) is 29.4. The summed E-state index contributed by atoms with van der Waals surface area (Å²) in [7, 11) is 0. The minimum atomic E-state index is 0.688. The summed E-state index contributed by atoms with van der Waals surface area (Å²) >= 11 is 0. The first-order valence-electron chi connectivity index (χ1n) is 18.1. The minimum absolute atomic E-state index is 0.688. The summed E-state index contributed by atoms with van der Waals surface area (Å²) in [5, 5.41) is 0. The Labute approximate surface area is 315 Å². The van der Waals surface area contributed by atoms with Gasteiger partial charge in [-0.05, 0) is 40.5 Å². The average Bonchev–Trinajstić information content (AvgIpc) is 3.27. The van der Waals surface area contributed by atoms with E-state index in [9.17, 15) is 0 Å². The summed E-state index contributed by atoms with van der Waals surface area (Å²) in [4.78, 5) is 20.5. The molecule has 9 rings (SSSR count). The summed E-state index contributed by atoms with van der Waals surface area (Å²) in [6.07, 6.45) is 0. The van der Waals surface area contributed by atoms with Gasteiger partial charge < -0.3 is 0 Å². The number of benzene rings is 7. The first-order chi connectivity index (χ1) is 26.8. The van der Waals surface area contributed by atoms with E-state index >= 15 is 0 Å². The Kier molecular flexibility index (Phi) is 8.90. The Morgan fingerprint density at radius 2 is 0.556 bits per heavy atom. The van der Waals surface area contributed by atoms with Gasteiger partial charge in [-0.3, -0.25) is 0 Å².